The molecule has 0 fully saturated rings. The highest BCUT2D eigenvalue weighted by atomic mass is 16.4. The second-order valence-corrected chi connectivity index (χ2v) is 3.84. The van der Waals surface area contributed by atoms with E-state index in [4.69, 9.17) is 5.11 Å². The quantitative estimate of drug-likeness (QED) is 0.796. The first-order chi connectivity index (χ1) is 8.24. The van der Waals surface area contributed by atoms with Crippen molar-refractivity contribution in [3.8, 4) is 0 Å². The van der Waals surface area contributed by atoms with E-state index in [-0.39, 0.29) is 5.69 Å². The summed E-state index contributed by atoms with van der Waals surface area (Å²) in [6.07, 6.45) is 6.08. The van der Waals surface area contributed by atoms with Crippen LogP contribution >= 0.6 is 0 Å². The summed E-state index contributed by atoms with van der Waals surface area (Å²) >= 11 is 0. The Labute approximate surface area is 98.3 Å². The summed E-state index contributed by atoms with van der Waals surface area (Å²) in [7, 11) is 0. The Hall–Kier alpha value is -1.98. The number of carboxylic acid groups (broad SMARTS) is 1. The highest BCUT2D eigenvalue weighted by Gasteiger charge is 2.16. The average Bonchev–Trinajstić information content (AvgIpc) is 2.69. The summed E-state index contributed by atoms with van der Waals surface area (Å²) < 4.78 is 1.65. The zero-order chi connectivity index (χ0) is 12.3. The first kappa shape index (κ1) is 11.5. The van der Waals surface area contributed by atoms with E-state index in [1.54, 1.807) is 4.68 Å². The summed E-state index contributed by atoms with van der Waals surface area (Å²) in [5.74, 6) is -1.04. The molecule has 6 nitrogen and oxygen atoms in total. The number of carboxylic acids is 1. The first-order valence-corrected chi connectivity index (χ1v) is 5.64. The molecule has 2 aromatic heterocycles. The fraction of sp³-hybridized carbons (Fsp3) is 0.455. The second-order valence-electron chi connectivity index (χ2n) is 3.84. The SMILES string of the molecule is CCCCCn1nc(C(=O)O)c2cncnc21. The molecule has 2 rings (SSSR count). The molecule has 90 valence electrons. The van der Waals surface area contributed by atoms with Gasteiger partial charge in [-0.05, 0) is 6.42 Å². The molecule has 0 unspecified atom stereocenters. The number of unbranched alkanes of at least 4 members (excludes halogenated alkanes) is 2. The predicted molar refractivity (Wildman–Crippen MR) is 61.8 cm³/mol. The van der Waals surface area contributed by atoms with E-state index in [0.29, 0.717) is 17.6 Å². The Morgan fingerprint density at radius 1 is 1.47 bits per heavy atom. The van der Waals surface area contributed by atoms with Crippen molar-refractivity contribution >= 4 is 17.0 Å². The third kappa shape index (κ3) is 2.25. The minimum absolute atomic E-state index is 0.0251. The Morgan fingerprint density at radius 3 is 3.00 bits per heavy atom. The molecule has 0 spiro atoms. The lowest BCUT2D eigenvalue weighted by atomic mass is 10.2. The van der Waals surface area contributed by atoms with Crippen LogP contribution in [0.4, 0.5) is 0 Å². The van der Waals surface area contributed by atoms with Crippen molar-refractivity contribution in [2.75, 3.05) is 0 Å². The molecule has 0 radical (unpaired) electrons. The van der Waals surface area contributed by atoms with Crippen molar-refractivity contribution in [1.29, 1.82) is 0 Å². The largest absolute Gasteiger partial charge is 0.476 e. The third-order valence-electron chi connectivity index (χ3n) is 2.59. The van der Waals surface area contributed by atoms with Gasteiger partial charge in [-0.25, -0.2) is 19.4 Å². The van der Waals surface area contributed by atoms with Gasteiger partial charge in [0.1, 0.15) is 6.33 Å². The number of fused-ring (bicyclic) bond motifs is 1. The number of rotatable bonds is 5. The summed E-state index contributed by atoms with van der Waals surface area (Å²) in [5, 5.41) is 13.6. The standard InChI is InChI=1S/C11H14N4O2/c1-2-3-4-5-15-10-8(6-12-7-13-10)9(14-15)11(16)17/h6-7H,2-5H2,1H3,(H,16,17). The van der Waals surface area contributed by atoms with Crippen LogP contribution in [0.25, 0.3) is 11.0 Å². The maximum atomic E-state index is 11.0. The Kier molecular flexibility index (Phi) is 3.32. The zero-order valence-corrected chi connectivity index (χ0v) is 9.63. The Bertz CT molecular complexity index is 535. The number of hydrogen-bond donors (Lipinski definition) is 1. The van der Waals surface area contributed by atoms with Crippen LogP contribution in [0.5, 0.6) is 0 Å². The molecule has 0 aliphatic carbocycles. The van der Waals surface area contributed by atoms with Crippen LogP contribution in [0, 0.1) is 0 Å². The van der Waals surface area contributed by atoms with E-state index in [1.807, 2.05) is 0 Å². The van der Waals surface area contributed by atoms with Crippen LogP contribution in [-0.2, 0) is 6.54 Å². The molecule has 0 aromatic carbocycles. The molecule has 1 N–H and O–H groups in total. The van der Waals surface area contributed by atoms with E-state index >= 15 is 0 Å². The number of aryl methyl sites for hydroxylation is 1. The van der Waals surface area contributed by atoms with Gasteiger partial charge in [-0.3, -0.25) is 0 Å². The molecule has 0 saturated carbocycles. The van der Waals surface area contributed by atoms with Gasteiger partial charge in [0.05, 0.1) is 5.39 Å². The van der Waals surface area contributed by atoms with Gasteiger partial charge in [-0.2, -0.15) is 5.10 Å². The van der Waals surface area contributed by atoms with Crippen LogP contribution in [0.1, 0.15) is 36.7 Å². The third-order valence-corrected chi connectivity index (χ3v) is 2.59. The number of aromatic nitrogens is 4. The molecule has 17 heavy (non-hydrogen) atoms. The van der Waals surface area contributed by atoms with Gasteiger partial charge in [0.2, 0.25) is 0 Å². The smallest absolute Gasteiger partial charge is 0.357 e. The van der Waals surface area contributed by atoms with Crippen LogP contribution in [0.2, 0.25) is 0 Å². The maximum Gasteiger partial charge on any atom is 0.357 e. The van der Waals surface area contributed by atoms with E-state index < -0.39 is 5.97 Å². The van der Waals surface area contributed by atoms with Gasteiger partial charge in [0.25, 0.3) is 0 Å². The second kappa shape index (κ2) is 4.90. The molecular formula is C11H14N4O2. The van der Waals surface area contributed by atoms with Gasteiger partial charge in [0, 0.05) is 12.7 Å². The normalized spacial score (nSPS) is 10.9. The monoisotopic (exact) mass is 234 g/mol. The number of nitrogens with zero attached hydrogens (tertiary/aromatic N) is 4. The lowest BCUT2D eigenvalue weighted by Crippen LogP contribution is -2.03. The summed E-state index contributed by atoms with van der Waals surface area (Å²) in [6, 6.07) is 0. The summed E-state index contributed by atoms with van der Waals surface area (Å²) in [5.41, 5.74) is 0.616. The van der Waals surface area contributed by atoms with Crippen LogP contribution in [-0.4, -0.2) is 30.8 Å². The van der Waals surface area contributed by atoms with E-state index in [1.165, 1.54) is 12.5 Å². The highest BCUT2D eigenvalue weighted by Crippen LogP contribution is 2.15. The summed E-state index contributed by atoms with van der Waals surface area (Å²) in [6.45, 7) is 2.81. The van der Waals surface area contributed by atoms with Gasteiger partial charge in [-0.15, -0.1) is 0 Å². The molecular weight excluding hydrogens is 220 g/mol. The van der Waals surface area contributed by atoms with E-state index in [9.17, 15) is 4.79 Å². The first-order valence-electron chi connectivity index (χ1n) is 5.64. The Morgan fingerprint density at radius 2 is 2.29 bits per heavy atom. The fourth-order valence-electron chi connectivity index (χ4n) is 1.74. The molecule has 0 saturated heterocycles. The molecule has 2 heterocycles. The molecule has 0 aliphatic rings. The van der Waals surface area contributed by atoms with Gasteiger partial charge < -0.3 is 5.11 Å². The molecule has 0 aliphatic heterocycles. The van der Waals surface area contributed by atoms with Crippen molar-refractivity contribution in [3.63, 3.8) is 0 Å². The lowest BCUT2D eigenvalue weighted by molar-refractivity contribution is 0.0691. The molecule has 6 heteroatoms. The van der Waals surface area contributed by atoms with Crippen molar-refractivity contribution in [2.45, 2.75) is 32.7 Å². The molecule has 0 atom stereocenters. The van der Waals surface area contributed by atoms with Crippen LogP contribution in [0.3, 0.4) is 0 Å². The predicted octanol–water partition coefficient (Wildman–Crippen LogP) is 1.71. The van der Waals surface area contributed by atoms with Crippen LogP contribution < -0.4 is 0 Å². The minimum atomic E-state index is -1.04. The molecule has 0 bridgehead atoms. The maximum absolute atomic E-state index is 11.0. The molecule has 2 aromatic rings. The Balaban J connectivity index is 2.38. The van der Waals surface area contributed by atoms with Crippen LogP contribution in [0.15, 0.2) is 12.5 Å². The number of carbonyl (C=O) groups is 1. The number of hydrogen-bond acceptors (Lipinski definition) is 4. The lowest BCUT2D eigenvalue weighted by Gasteiger charge is -2.00. The highest BCUT2D eigenvalue weighted by molar-refractivity contribution is 5.99. The van der Waals surface area contributed by atoms with Gasteiger partial charge in [0.15, 0.2) is 11.3 Å². The van der Waals surface area contributed by atoms with E-state index in [2.05, 4.69) is 22.0 Å². The van der Waals surface area contributed by atoms with Gasteiger partial charge >= 0.3 is 5.97 Å². The zero-order valence-electron chi connectivity index (χ0n) is 9.63. The van der Waals surface area contributed by atoms with Crippen molar-refractivity contribution in [1.82, 2.24) is 19.7 Å². The van der Waals surface area contributed by atoms with Gasteiger partial charge in [-0.1, -0.05) is 19.8 Å². The minimum Gasteiger partial charge on any atom is -0.476 e. The average molecular weight is 234 g/mol. The molecule has 0 amide bonds. The van der Waals surface area contributed by atoms with Crippen molar-refractivity contribution in [3.05, 3.63) is 18.2 Å². The van der Waals surface area contributed by atoms with Crippen molar-refractivity contribution in [2.24, 2.45) is 0 Å². The fourth-order valence-corrected chi connectivity index (χ4v) is 1.74. The topological polar surface area (TPSA) is 80.9 Å². The van der Waals surface area contributed by atoms with E-state index in [0.717, 1.165) is 19.3 Å². The summed E-state index contributed by atoms with van der Waals surface area (Å²) in [4.78, 5) is 19.0. The van der Waals surface area contributed by atoms with Crippen molar-refractivity contribution < 1.29 is 9.90 Å². The number of aromatic carboxylic acids is 1.